The van der Waals surface area contributed by atoms with E-state index >= 15 is 0 Å². The number of likely N-dealkylation sites (N-methyl/N-ethyl adjacent to an activating group) is 1. The van der Waals surface area contributed by atoms with Crippen LogP contribution >= 0.6 is 23.4 Å². The highest BCUT2D eigenvalue weighted by molar-refractivity contribution is 7.99. The Labute approximate surface area is 132 Å². The molecule has 4 heteroatoms. The Hall–Kier alpha value is -0.220. The quantitative estimate of drug-likeness (QED) is 0.920. The van der Waals surface area contributed by atoms with Crippen molar-refractivity contribution in [1.82, 2.24) is 4.90 Å². The Morgan fingerprint density at radius 1 is 1.35 bits per heavy atom. The Kier molecular flexibility index (Phi) is 5.06. The summed E-state index contributed by atoms with van der Waals surface area (Å²) in [6.07, 6.45) is 1.15. The summed E-state index contributed by atoms with van der Waals surface area (Å²) in [4.78, 5) is 2.42. The lowest BCUT2D eigenvalue weighted by Crippen LogP contribution is -2.58. The zero-order valence-electron chi connectivity index (χ0n) is 12.7. The second-order valence-corrected chi connectivity index (χ2v) is 8.17. The molecule has 0 aliphatic carbocycles. The monoisotopic (exact) mass is 312 g/mol. The summed E-state index contributed by atoms with van der Waals surface area (Å²) in [6, 6.07) is 8.11. The molecular weight excluding hydrogens is 288 g/mol. The van der Waals surface area contributed by atoms with Crippen molar-refractivity contribution in [2.75, 3.05) is 25.1 Å². The third-order valence-electron chi connectivity index (χ3n) is 4.17. The molecule has 0 amide bonds. The molecule has 1 unspecified atom stereocenters. The van der Waals surface area contributed by atoms with Crippen molar-refractivity contribution >= 4 is 23.4 Å². The summed E-state index contributed by atoms with van der Waals surface area (Å²) in [6.45, 7) is 6.29. The van der Waals surface area contributed by atoms with Gasteiger partial charge in [-0.3, -0.25) is 4.90 Å². The largest absolute Gasteiger partial charge is 0.329 e. The summed E-state index contributed by atoms with van der Waals surface area (Å²) < 4.78 is 0. The van der Waals surface area contributed by atoms with E-state index in [2.05, 4.69) is 31.9 Å². The minimum Gasteiger partial charge on any atom is -0.329 e. The van der Waals surface area contributed by atoms with Gasteiger partial charge in [-0.05, 0) is 42.3 Å². The minimum absolute atomic E-state index is 0.0920. The number of hydrogen-bond donors (Lipinski definition) is 1. The van der Waals surface area contributed by atoms with Gasteiger partial charge in [0.2, 0.25) is 0 Å². The summed E-state index contributed by atoms with van der Waals surface area (Å²) in [5.74, 6) is 2.34. The van der Waals surface area contributed by atoms with Crippen molar-refractivity contribution in [2.45, 2.75) is 32.4 Å². The fraction of sp³-hybridized carbons (Fsp3) is 0.625. The Morgan fingerprint density at radius 2 is 2.10 bits per heavy atom. The summed E-state index contributed by atoms with van der Waals surface area (Å²) >= 11 is 8.11. The molecule has 1 saturated heterocycles. The molecule has 1 atom stereocenters. The van der Waals surface area contributed by atoms with Crippen LogP contribution in [0.15, 0.2) is 24.3 Å². The first-order chi connectivity index (χ1) is 9.37. The zero-order valence-corrected chi connectivity index (χ0v) is 14.2. The average Bonchev–Trinajstić information content (AvgIpc) is 2.37. The van der Waals surface area contributed by atoms with Crippen molar-refractivity contribution in [2.24, 2.45) is 11.1 Å². The van der Waals surface area contributed by atoms with Crippen LogP contribution in [0.25, 0.3) is 0 Å². The van der Waals surface area contributed by atoms with E-state index in [-0.39, 0.29) is 5.54 Å². The van der Waals surface area contributed by atoms with Gasteiger partial charge in [-0.15, -0.1) is 0 Å². The van der Waals surface area contributed by atoms with Crippen molar-refractivity contribution in [3.05, 3.63) is 34.9 Å². The van der Waals surface area contributed by atoms with Gasteiger partial charge in [0.25, 0.3) is 0 Å². The molecule has 0 saturated carbocycles. The maximum absolute atomic E-state index is 6.16. The van der Waals surface area contributed by atoms with Crippen LogP contribution in [-0.2, 0) is 6.54 Å². The van der Waals surface area contributed by atoms with Crippen LogP contribution < -0.4 is 5.73 Å². The molecule has 0 spiro atoms. The van der Waals surface area contributed by atoms with Crippen LogP contribution in [0.1, 0.15) is 25.8 Å². The van der Waals surface area contributed by atoms with E-state index in [4.69, 9.17) is 17.3 Å². The molecule has 2 nitrogen and oxygen atoms in total. The molecule has 1 aromatic carbocycles. The van der Waals surface area contributed by atoms with Crippen LogP contribution in [-0.4, -0.2) is 35.5 Å². The van der Waals surface area contributed by atoms with Gasteiger partial charge >= 0.3 is 0 Å². The number of halogens is 1. The third-order valence-corrected chi connectivity index (χ3v) is 6.13. The van der Waals surface area contributed by atoms with Crippen LogP contribution in [0.4, 0.5) is 0 Å². The van der Waals surface area contributed by atoms with Crippen LogP contribution in [0.3, 0.4) is 0 Å². The number of nitrogens with zero attached hydrogens (tertiary/aromatic N) is 1. The number of thioether (sulfide) groups is 1. The molecule has 1 aromatic rings. The van der Waals surface area contributed by atoms with Crippen molar-refractivity contribution in [1.29, 1.82) is 0 Å². The SMILES string of the molecule is CN(Cc1cccc(Cl)c1)C1(CN)CSCC(C)(C)C1. The molecule has 0 aromatic heterocycles. The Bertz CT molecular complexity index is 464. The number of nitrogens with two attached hydrogens (primary N) is 1. The lowest BCUT2D eigenvalue weighted by Gasteiger charge is -2.49. The number of hydrogen-bond acceptors (Lipinski definition) is 3. The highest BCUT2D eigenvalue weighted by atomic mass is 35.5. The average molecular weight is 313 g/mol. The van der Waals surface area contributed by atoms with Gasteiger partial charge in [-0.1, -0.05) is 37.6 Å². The first-order valence-electron chi connectivity index (χ1n) is 7.10. The van der Waals surface area contributed by atoms with Gasteiger partial charge in [0.05, 0.1) is 0 Å². The molecule has 2 rings (SSSR count). The molecule has 0 radical (unpaired) electrons. The second-order valence-electron chi connectivity index (χ2n) is 6.75. The molecular formula is C16H25ClN2S. The molecule has 1 aliphatic heterocycles. The van der Waals surface area contributed by atoms with E-state index in [1.165, 1.54) is 11.3 Å². The minimum atomic E-state index is 0.0920. The van der Waals surface area contributed by atoms with Crippen LogP contribution in [0.5, 0.6) is 0 Å². The first-order valence-corrected chi connectivity index (χ1v) is 8.64. The summed E-state index contributed by atoms with van der Waals surface area (Å²) in [7, 11) is 2.19. The third kappa shape index (κ3) is 3.70. The van der Waals surface area contributed by atoms with Crippen molar-refractivity contribution in [3.8, 4) is 0 Å². The first kappa shape index (κ1) is 16.2. The molecule has 1 heterocycles. The lowest BCUT2D eigenvalue weighted by molar-refractivity contribution is 0.0870. The van der Waals surface area contributed by atoms with Gasteiger partial charge in [0, 0.05) is 29.4 Å². The van der Waals surface area contributed by atoms with E-state index in [1.807, 2.05) is 30.0 Å². The smallest absolute Gasteiger partial charge is 0.0427 e. The molecule has 0 bridgehead atoms. The number of rotatable bonds is 4. The predicted octanol–water partition coefficient (Wildman–Crippen LogP) is 3.63. The van der Waals surface area contributed by atoms with E-state index in [0.717, 1.165) is 23.7 Å². The summed E-state index contributed by atoms with van der Waals surface area (Å²) in [5.41, 5.74) is 7.86. The van der Waals surface area contributed by atoms with Crippen molar-refractivity contribution < 1.29 is 0 Å². The summed E-state index contributed by atoms with van der Waals surface area (Å²) in [5, 5.41) is 0.802. The van der Waals surface area contributed by atoms with E-state index in [9.17, 15) is 0 Å². The zero-order chi connectivity index (χ0) is 14.8. The normalized spacial score (nSPS) is 25.9. The maximum Gasteiger partial charge on any atom is 0.0427 e. The standard InChI is InChI=1S/C16H25ClN2S/c1-15(2)9-16(10-18,12-20-11-15)19(3)8-13-5-4-6-14(17)7-13/h4-7H,8-12,18H2,1-3H3. The van der Waals surface area contributed by atoms with Gasteiger partial charge in [-0.25, -0.2) is 0 Å². The van der Waals surface area contributed by atoms with Crippen LogP contribution in [0, 0.1) is 5.41 Å². The topological polar surface area (TPSA) is 29.3 Å². The van der Waals surface area contributed by atoms with Gasteiger partial charge < -0.3 is 5.73 Å². The Morgan fingerprint density at radius 3 is 2.70 bits per heavy atom. The van der Waals surface area contributed by atoms with E-state index < -0.39 is 0 Å². The highest BCUT2D eigenvalue weighted by Crippen LogP contribution is 2.41. The molecule has 20 heavy (non-hydrogen) atoms. The fourth-order valence-corrected chi connectivity index (χ4v) is 4.91. The van der Waals surface area contributed by atoms with Crippen molar-refractivity contribution in [3.63, 3.8) is 0 Å². The van der Waals surface area contributed by atoms with E-state index in [1.54, 1.807) is 0 Å². The molecule has 1 fully saturated rings. The van der Waals surface area contributed by atoms with E-state index in [0.29, 0.717) is 12.0 Å². The van der Waals surface area contributed by atoms with Crippen LogP contribution in [0.2, 0.25) is 5.02 Å². The molecule has 1 aliphatic rings. The second kappa shape index (κ2) is 6.27. The maximum atomic E-state index is 6.16. The van der Waals surface area contributed by atoms with Gasteiger partial charge in [-0.2, -0.15) is 11.8 Å². The lowest BCUT2D eigenvalue weighted by atomic mass is 9.79. The molecule has 2 N–H and O–H groups in total. The molecule has 112 valence electrons. The fourth-order valence-electron chi connectivity index (χ4n) is 3.12. The van der Waals surface area contributed by atoms with Gasteiger partial charge in [0.1, 0.15) is 0 Å². The number of benzene rings is 1. The Balaban J connectivity index is 2.14. The predicted molar refractivity (Wildman–Crippen MR) is 90.4 cm³/mol. The van der Waals surface area contributed by atoms with Gasteiger partial charge in [0.15, 0.2) is 0 Å². The highest BCUT2D eigenvalue weighted by Gasteiger charge is 2.42.